The lowest BCUT2D eigenvalue weighted by molar-refractivity contribution is 0.378. The van der Waals surface area contributed by atoms with E-state index in [4.69, 9.17) is 163 Å². The summed E-state index contributed by atoms with van der Waals surface area (Å²) in [6.07, 6.45) is 0. The van der Waals surface area contributed by atoms with Crippen molar-refractivity contribution in [1.29, 1.82) is 0 Å². The second-order valence-corrected chi connectivity index (χ2v) is 14.5. The van der Waals surface area contributed by atoms with E-state index in [1.807, 2.05) is 19.1 Å². The highest BCUT2D eigenvalue weighted by Crippen LogP contribution is 2.10. The largest absolute Gasteiger partial charge is 0.399 e. The molecule has 20 N–H and O–H groups in total. The normalized spacial score (nSPS) is 11.3. The van der Waals surface area contributed by atoms with Crippen LogP contribution in [0.3, 0.4) is 0 Å². The average Bonchev–Trinajstić information content (AvgIpc) is 2.59. The monoisotopic (exact) mass is 1000 g/mol. The van der Waals surface area contributed by atoms with Gasteiger partial charge in [0.05, 0.1) is 0 Å². The molecular weight excluding hydrogens is 975 g/mol. The lowest BCUT2D eigenvalue weighted by Crippen LogP contribution is -1.89. The van der Waals surface area contributed by atoms with Crippen LogP contribution in [0, 0.1) is 13.8 Å². The fourth-order valence-electron chi connectivity index (χ4n) is 0.826. The van der Waals surface area contributed by atoms with Gasteiger partial charge in [0.15, 0.2) is 0 Å². The van der Waals surface area contributed by atoms with Gasteiger partial charge in [-0.05, 0) is 25.5 Å². The predicted octanol–water partition coefficient (Wildman–Crippen LogP) is -3.99. The number of anilines is 1. The van der Waals surface area contributed by atoms with E-state index < -0.39 is 93.6 Å². The van der Waals surface area contributed by atoms with E-state index >= 15 is 0 Å². The maximum atomic E-state index is 8.74. The Bertz CT molecular complexity index is 1660. The van der Waals surface area contributed by atoms with Gasteiger partial charge >= 0.3 is 93.6 Å². The minimum Gasteiger partial charge on any atom is -0.399 e. The molecule has 1 rings (SSSR count). The van der Waals surface area contributed by atoms with Gasteiger partial charge in [-0.3, -0.25) is 81.9 Å². The molecule has 0 heterocycles. The molecule has 0 radical (unpaired) electrons. The Balaban J connectivity index is -0.0000000601. The zero-order valence-electron chi connectivity index (χ0n) is 24.9. The van der Waals surface area contributed by atoms with E-state index in [0.29, 0.717) is 0 Å². The minimum absolute atomic E-state index is 0.876. The predicted molar refractivity (Wildman–Crippen MR) is 168 cm³/mol. The molecule has 46 heteroatoms. The third-order valence-corrected chi connectivity index (χ3v) is 1.43. The van der Waals surface area contributed by atoms with E-state index in [9.17, 15) is 0 Å². The van der Waals surface area contributed by atoms with Gasteiger partial charge in [0.25, 0.3) is 0 Å². The van der Waals surface area contributed by atoms with Crippen molar-refractivity contribution in [2.75, 3.05) is 5.73 Å². The zero-order valence-corrected chi connectivity index (χ0v) is 32.2. The van der Waals surface area contributed by atoms with Crippen molar-refractivity contribution in [2.45, 2.75) is 13.8 Å². The average molecular weight is 1000 g/mol. The summed E-state index contributed by atoms with van der Waals surface area (Å²) < 4.78 is 284. The van der Waals surface area contributed by atoms with Gasteiger partial charge in [0.1, 0.15) is 0 Å². The number of nitrogens with two attached hydrogens (primary N) is 1. The molecule has 0 saturated heterocycles. The highest BCUT2D eigenvalue weighted by Gasteiger charge is 1.90. The van der Waals surface area contributed by atoms with E-state index in [1.54, 1.807) is 0 Å². The summed E-state index contributed by atoms with van der Waals surface area (Å²) in [6, 6.07) is 6.03. The van der Waals surface area contributed by atoms with Crippen LogP contribution in [0.25, 0.3) is 0 Å². The Morgan fingerprint density at radius 1 is 0.315 bits per heavy atom. The van der Waals surface area contributed by atoms with Crippen molar-refractivity contribution in [3.8, 4) is 0 Å². The van der Waals surface area contributed by atoms with Crippen molar-refractivity contribution in [3.05, 3.63) is 29.3 Å². The van der Waals surface area contributed by atoms with Crippen LogP contribution in [-0.2, 0) is 93.6 Å². The Labute approximate surface area is 304 Å². The number of hydrogen-bond acceptors (Lipinski definition) is 19. The number of aryl methyl sites for hydroxylation is 2. The third-order valence-electron chi connectivity index (χ3n) is 1.43. The van der Waals surface area contributed by atoms with E-state index in [2.05, 4.69) is 13.0 Å². The molecule has 336 valence electrons. The second kappa shape index (κ2) is 31.0. The number of hydrogen-bond donors (Lipinski definition) is 19. The molecule has 37 nitrogen and oxygen atoms in total. The first kappa shape index (κ1) is 73.0. The smallest absolute Gasteiger partial charge is 0.394 e. The molecule has 0 saturated carbocycles. The topological polar surface area (TPSA) is 697 Å². The van der Waals surface area contributed by atoms with Crippen molar-refractivity contribution in [3.63, 3.8) is 0 Å². The standard InChI is InChI=1S/C8H11N.9H2O4S/c1-6-3-4-8(9)7(2)5-6;9*1-5(2,3)4/h3-5H,9H2,1-2H3;9*(H2,1,2,3,4). The number of benzene rings is 1. The maximum Gasteiger partial charge on any atom is 0.394 e. The van der Waals surface area contributed by atoms with Crippen LogP contribution >= 0.6 is 0 Å². The third kappa shape index (κ3) is 1010. The highest BCUT2D eigenvalue weighted by atomic mass is 32.3. The van der Waals surface area contributed by atoms with Crippen LogP contribution in [0.4, 0.5) is 5.69 Å². The highest BCUT2D eigenvalue weighted by molar-refractivity contribution is 7.81. The van der Waals surface area contributed by atoms with E-state index in [-0.39, 0.29) is 0 Å². The van der Waals surface area contributed by atoms with Crippen LogP contribution in [-0.4, -0.2) is 158 Å². The van der Waals surface area contributed by atoms with Gasteiger partial charge in [-0.15, -0.1) is 0 Å². The molecule has 0 amide bonds. The van der Waals surface area contributed by atoms with E-state index in [0.717, 1.165) is 11.3 Å². The van der Waals surface area contributed by atoms with E-state index in [1.165, 1.54) is 5.56 Å². The summed E-state index contributed by atoms with van der Waals surface area (Å²) in [5, 5.41) is 0. The van der Waals surface area contributed by atoms with Gasteiger partial charge < -0.3 is 5.73 Å². The maximum absolute atomic E-state index is 8.74. The lowest BCUT2D eigenvalue weighted by atomic mass is 10.1. The van der Waals surface area contributed by atoms with Gasteiger partial charge in [-0.2, -0.15) is 75.8 Å². The minimum atomic E-state index is -4.67. The molecule has 1 aromatic carbocycles. The Hall–Kier alpha value is -2.15. The van der Waals surface area contributed by atoms with Gasteiger partial charge in [-0.1, -0.05) is 17.7 Å². The summed E-state index contributed by atoms with van der Waals surface area (Å²) in [6.45, 7) is 4.08. The number of rotatable bonds is 0. The summed E-state index contributed by atoms with van der Waals surface area (Å²) >= 11 is 0. The summed E-state index contributed by atoms with van der Waals surface area (Å²) in [4.78, 5) is 0. The van der Waals surface area contributed by atoms with Gasteiger partial charge in [-0.25, -0.2) is 0 Å². The number of nitrogen functional groups attached to an aromatic ring is 1. The van der Waals surface area contributed by atoms with Gasteiger partial charge in [0.2, 0.25) is 0 Å². The molecule has 0 aliphatic rings. The fourth-order valence-corrected chi connectivity index (χ4v) is 0.826. The Morgan fingerprint density at radius 2 is 0.426 bits per heavy atom. The van der Waals surface area contributed by atoms with Crippen LogP contribution < -0.4 is 5.73 Å². The Morgan fingerprint density at radius 3 is 0.500 bits per heavy atom. The van der Waals surface area contributed by atoms with Crippen molar-refractivity contribution in [1.82, 2.24) is 0 Å². The molecule has 0 unspecified atom stereocenters. The van der Waals surface area contributed by atoms with Crippen LogP contribution in [0.2, 0.25) is 0 Å². The molecule has 0 atom stereocenters. The van der Waals surface area contributed by atoms with Crippen molar-refractivity contribution in [2.24, 2.45) is 0 Å². The molecule has 54 heavy (non-hydrogen) atoms. The fraction of sp³-hybridized carbons (Fsp3) is 0.250. The first-order valence-corrected chi connectivity index (χ1v) is 21.9. The summed E-state index contributed by atoms with van der Waals surface area (Å²) in [5.74, 6) is 0. The summed E-state index contributed by atoms with van der Waals surface area (Å²) in [7, 11) is -42.0. The van der Waals surface area contributed by atoms with Crippen LogP contribution in [0.1, 0.15) is 11.1 Å². The summed E-state index contributed by atoms with van der Waals surface area (Å²) in [5.41, 5.74) is 8.89. The lowest BCUT2D eigenvalue weighted by Gasteiger charge is -1.98. The molecule has 0 aliphatic heterocycles. The molecule has 0 aromatic heterocycles. The molecule has 0 bridgehead atoms. The zero-order chi connectivity index (χ0) is 47.4. The van der Waals surface area contributed by atoms with Crippen molar-refractivity contribution < 1.29 is 158 Å². The van der Waals surface area contributed by atoms with Crippen molar-refractivity contribution >= 4 is 99.3 Å². The quantitative estimate of drug-likeness (QED) is 0.0870. The molecule has 0 fully saturated rings. The first-order chi connectivity index (χ1) is 22.2. The molecule has 0 spiro atoms. The first-order valence-electron chi connectivity index (χ1n) is 9.31. The van der Waals surface area contributed by atoms with Crippen LogP contribution in [0.5, 0.6) is 0 Å². The molecule has 0 aliphatic carbocycles. The van der Waals surface area contributed by atoms with Crippen LogP contribution in [0.15, 0.2) is 18.2 Å². The SMILES string of the molecule is Cc1ccc(N)c(C)c1.O=S(=O)(O)O.O=S(=O)(O)O.O=S(=O)(O)O.O=S(=O)(O)O.O=S(=O)(O)O.O=S(=O)(O)O.O=S(=O)(O)O.O=S(=O)(O)O.O=S(=O)(O)O. The van der Waals surface area contributed by atoms with Gasteiger partial charge in [0, 0.05) is 5.69 Å². The molecular formula is C8H29NO36S9. The second-order valence-electron chi connectivity index (χ2n) is 6.39. The molecule has 1 aromatic rings. The Kier molecular flexibility index (Phi) is 41.9.